The van der Waals surface area contributed by atoms with Crippen LogP contribution < -0.4 is 10.6 Å². The van der Waals surface area contributed by atoms with E-state index in [9.17, 15) is 9.18 Å². The Morgan fingerprint density at radius 2 is 2.05 bits per heavy atom. The average Bonchev–Trinajstić information content (AvgIpc) is 2.99. The SMILES string of the molecule is CC(CCc1ccco1)NCC(=O)Nc1ccc(F)cc1. The molecule has 0 saturated heterocycles. The summed E-state index contributed by atoms with van der Waals surface area (Å²) in [5, 5.41) is 5.86. The van der Waals surface area contributed by atoms with Gasteiger partial charge in [0.15, 0.2) is 0 Å². The molecule has 21 heavy (non-hydrogen) atoms. The predicted octanol–water partition coefficient (Wildman–Crippen LogP) is 2.97. The van der Waals surface area contributed by atoms with Crippen molar-refractivity contribution in [3.63, 3.8) is 0 Å². The number of anilines is 1. The number of halogens is 1. The standard InChI is InChI=1S/C16H19FN2O2/c1-12(4-9-15-3-2-10-21-15)18-11-16(20)19-14-7-5-13(17)6-8-14/h2-3,5-8,10,12,18H,4,9,11H2,1H3,(H,19,20). The molecule has 112 valence electrons. The van der Waals surface area contributed by atoms with Gasteiger partial charge >= 0.3 is 0 Å². The maximum Gasteiger partial charge on any atom is 0.238 e. The Bertz CT molecular complexity index is 552. The van der Waals surface area contributed by atoms with E-state index < -0.39 is 0 Å². The number of carbonyl (C=O) groups is 1. The smallest absolute Gasteiger partial charge is 0.238 e. The summed E-state index contributed by atoms with van der Waals surface area (Å²) in [6, 6.07) is 9.71. The van der Waals surface area contributed by atoms with Crippen molar-refractivity contribution in [3.8, 4) is 0 Å². The van der Waals surface area contributed by atoms with Crippen LogP contribution in [0.4, 0.5) is 10.1 Å². The van der Waals surface area contributed by atoms with E-state index in [0.29, 0.717) is 5.69 Å². The highest BCUT2D eigenvalue weighted by molar-refractivity contribution is 5.92. The molecule has 5 heteroatoms. The normalized spacial score (nSPS) is 12.1. The molecule has 2 rings (SSSR count). The quantitative estimate of drug-likeness (QED) is 0.824. The van der Waals surface area contributed by atoms with Gasteiger partial charge in [0.2, 0.25) is 5.91 Å². The minimum absolute atomic E-state index is 0.147. The molecule has 1 atom stereocenters. The van der Waals surface area contributed by atoms with Gasteiger partial charge in [-0.2, -0.15) is 0 Å². The third kappa shape index (κ3) is 5.39. The van der Waals surface area contributed by atoms with Crippen molar-refractivity contribution < 1.29 is 13.6 Å². The fourth-order valence-electron chi connectivity index (χ4n) is 1.92. The minimum Gasteiger partial charge on any atom is -0.469 e. The number of aryl methyl sites for hydroxylation is 1. The van der Waals surface area contributed by atoms with Crippen LogP contribution in [-0.2, 0) is 11.2 Å². The molecule has 1 aromatic heterocycles. The summed E-state index contributed by atoms with van der Waals surface area (Å²) < 4.78 is 18.0. The van der Waals surface area contributed by atoms with Crippen LogP contribution >= 0.6 is 0 Å². The summed E-state index contributed by atoms with van der Waals surface area (Å²) in [6.07, 6.45) is 3.38. The first-order valence-electron chi connectivity index (χ1n) is 6.94. The highest BCUT2D eigenvalue weighted by Crippen LogP contribution is 2.08. The van der Waals surface area contributed by atoms with Gasteiger partial charge in [-0.25, -0.2) is 4.39 Å². The fraction of sp³-hybridized carbons (Fsp3) is 0.312. The highest BCUT2D eigenvalue weighted by Gasteiger charge is 2.07. The van der Waals surface area contributed by atoms with E-state index in [1.54, 1.807) is 6.26 Å². The number of furan rings is 1. The number of rotatable bonds is 7. The summed E-state index contributed by atoms with van der Waals surface area (Å²) in [7, 11) is 0. The van der Waals surface area contributed by atoms with Gasteiger partial charge in [0.25, 0.3) is 0 Å². The number of hydrogen-bond donors (Lipinski definition) is 2. The van der Waals surface area contributed by atoms with Crippen LogP contribution in [0.15, 0.2) is 47.1 Å². The van der Waals surface area contributed by atoms with Crippen LogP contribution in [0.3, 0.4) is 0 Å². The second kappa shape index (κ2) is 7.59. The van der Waals surface area contributed by atoms with E-state index in [-0.39, 0.29) is 24.3 Å². The van der Waals surface area contributed by atoms with E-state index in [4.69, 9.17) is 4.42 Å². The molecule has 0 saturated carbocycles. The molecule has 1 heterocycles. The van der Waals surface area contributed by atoms with E-state index >= 15 is 0 Å². The van der Waals surface area contributed by atoms with Gasteiger partial charge in [0.05, 0.1) is 12.8 Å². The topological polar surface area (TPSA) is 54.3 Å². The summed E-state index contributed by atoms with van der Waals surface area (Å²) in [4.78, 5) is 11.7. The molecular formula is C16H19FN2O2. The largest absolute Gasteiger partial charge is 0.469 e. The van der Waals surface area contributed by atoms with Gasteiger partial charge < -0.3 is 15.1 Å². The monoisotopic (exact) mass is 290 g/mol. The summed E-state index contributed by atoms with van der Waals surface area (Å²) in [6.45, 7) is 2.24. The van der Waals surface area contributed by atoms with Crippen LogP contribution in [0.5, 0.6) is 0 Å². The van der Waals surface area contributed by atoms with Crippen molar-refractivity contribution in [1.82, 2.24) is 5.32 Å². The number of benzene rings is 1. The molecule has 2 N–H and O–H groups in total. The van der Waals surface area contributed by atoms with E-state index in [1.807, 2.05) is 19.1 Å². The first-order chi connectivity index (χ1) is 10.1. The first-order valence-corrected chi connectivity index (χ1v) is 6.94. The molecule has 0 fully saturated rings. The Hall–Kier alpha value is -2.14. The molecule has 0 aliphatic rings. The third-order valence-corrected chi connectivity index (χ3v) is 3.14. The Balaban J connectivity index is 1.67. The number of amides is 1. The first kappa shape index (κ1) is 15.3. The molecule has 0 aliphatic carbocycles. The summed E-state index contributed by atoms with van der Waals surface area (Å²) in [5.74, 6) is 0.476. The van der Waals surface area contributed by atoms with Gasteiger partial charge in [-0.3, -0.25) is 4.79 Å². The lowest BCUT2D eigenvalue weighted by Gasteiger charge is -2.13. The number of carbonyl (C=O) groups excluding carboxylic acids is 1. The predicted molar refractivity (Wildman–Crippen MR) is 79.5 cm³/mol. The van der Waals surface area contributed by atoms with E-state index in [1.165, 1.54) is 24.3 Å². The van der Waals surface area contributed by atoms with Gasteiger partial charge in [0.1, 0.15) is 11.6 Å². The van der Waals surface area contributed by atoms with Crippen LogP contribution in [0, 0.1) is 5.82 Å². The molecule has 0 radical (unpaired) electrons. The lowest BCUT2D eigenvalue weighted by Crippen LogP contribution is -2.34. The van der Waals surface area contributed by atoms with Crippen molar-refractivity contribution in [3.05, 3.63) is 54.2 Å². The Kier molecular flexibility index (Phi) is 5.51. The Morgan fingerprint density at radius 3 is 2.71 bits per heavy atom. The lowest BCUT2D eigenvalue weighted by molar-refractivity contribution is -0.115. The van der Waals surface area contributed by atoms with Crippen LogP contribution in [0.25, 0.3) is 0 Å². The second-order valence-corrected chi connectivity index (χ2v) is 4.96. The minimum atomic E-state index is -0.322. The lowest BCUT2D eigenvalue weighted by atomic mass is 10.1. The Morgan fingerprint density at radius 1 is 1.29 bits per heavy atom. The van der Waals surface area contributed by atoms with Gasteiger partial charge in [-0.15, -0.1) is 0 Å². The maximum atomic E-state index is 12.7. The molecule has 0 spiro atoms. The zero-order valence-electron chi connectivity index (χ0n) is 11.9. The van der Waals surface area contributed by atoms with Crippen molar-refractivity contribution in [2.45, 2.75) is 25.8 Å². The third-order valence-electron chi connectivity index (χ3n) is 3.14. The van der Waals surface area contributed by atoms with Gasteiger partial charge in [-0.05, 0) is 49.7 Å². The molecule has 2 aromatic rings. The van der Waals surface area contributed by atoms with Crippen molar-refractivity contribution in [2.75, 3.05) is 11.9 Å². The zero-order chi connectivity index (χ0) is 15.1. The van der Waals surface area contributed by atoms with E-state index in [2.05, 4.69) is 10.6 Å². The number of nitrogens with one attached hydrogen (secondary N) is 2. The molecule has 1 aromatic carbocycles. The van der Waals surface area contributed by atoms with Crippen LogP contribution in [0.1, 0.15) is 19.1 Å². The van der Waals surface area contributed by atoms with Gasteiger partial charge in [0, 0.05) is 18.2 Å². The van der Waals surface area contributed by atoms with Crippen molar-refractivity contribution >= 4 is 11.6 Å². The molecule has 0 bridgehead atoms. The number of hydrogen-bond acceptors (Lipinski definition) is 3. The van der Waals surface area contributed by atoms with E-state index in [0.717, 1.165) is 18.6 Å². The summed E-state index contributed by atoms with van der Waals surface area (Å²) >= 11 is 0. The van der Waals surface area contributed by atoms with Crippen LogP contribution in [0.2, 0.25) is 0 Å². The maximum absolute atomic E-state index is 12.7. The average molecular weight is 290 g/mol. The summed E-state index contributed by atoms with van der Waals surface area (Å²) in [5.41, 5.74) is 0.589. The second-order valence-electron chi connectivity index (χ2n) is 4.96. The molecule has 4 nitrogen and oxygen atoms in total. The highest BCUT2D eigenvalue weighted by atomic mass is 19.1. The Labute approximate surface area is 123 Å². The molecule has 1 amide bonds. The fourth-order valence-corrected chi connectivity index (χ4v) is 1.92. The van der Waals surface area contributed by atoms with Crippen LogP contribution in [-0.4, -0.2) is 18.5 Å². The molecular weight excluding hydrogens is 271 g/mol. The van der Waals surface area contributed by atoms with Crippen molar-refractivity contribution in [1.29, 1.82) is 0 Å². The van der Waals surface area contributed by atoms with Crippen molar-refractivity contribution in [2.24, 2.45) is 0 Å². The zero-order valence-corrected chi connectivity index (χ0v) is 11.9. The molecule has 0 aliphatic heterocycles. The molecule has 1 unspecified atom stereocenters. The van der Waals surface area contributed by atoms with Gasteiger partial charge in [-0.1, -0.05) is 0 Å².